The van der Waals surface area contributed by atoms with Crippen LogP contribution in [0.5, 0.6) is 0 Å². The summed E-state index contributed by atoms with van der Waals surface area (Å²) >= 11 is 0. The smallest absolute Gasteiger partial charge is 0.134 e. The largest absolute Gasteiger partial charge is 0.370 e. The summed E-state index contributed by atoms with van der Waals surface area (Å²) in [5.74, 6) is 1.94. The van der Waals surface area contributed by atoms with E-state index in [1.54, 1.807) is 10.9 Å². The first-order valence-electron chi connectivity index (χ1n) is 6.09. The molecule has 0 aliphatic heterocycles. The fraction of sp³-hybridized carbons (Fsp3) is 0.500. The van der Waals surface area contributed by atoms with E-state index in [4.69, 9.17) is 0 Å². The van der Waals surface area contributed by atoms with Gasteiger partial charge in [0.15, 0.2) is 0 Å². The summed E-state index contributed by atoms with van der Waals surface area (Å²) < 4.78 is 1.71. The van der Waals surface area contributed by atoms with Gasteiger partial charge in [-0.05, 0) is 6.92 Å². The van der Waals surface area contributed by atoms with Crippen molar-refractivity contribution in [2.75, 3.05) is 11.9 Å². The third kappa shape index (κ3) is 2.47. The molecule has 0 aromatic carbocycles. The highest BCUT2D eigenvalue weighted by Crippen LogP contribution is 2.21. The van der Waals surface area contributed by atoms with Gasteiger partial charge < -0.3 is 5.32 Å². The molecule has 6 nitrogen and oxygen atoms in total. The first-order chi connectivity index (χ1) is 8.61. The second-order valence-electron chi connectivity index (χ2n) is 4.42. The number of nitrogens with one attached hydrogen (secondary N) is 1. The van der Waals surface area contributed by atoms with Crippen LogP contribution < -0.4 is 5.32 Å². The van der Waals surface area contributed by atoms with Crippen LogP contribution in [0.2, 0.25) is 0 Å². The van der Waals surface area contributed by atoms with Crippen molar-refractivity contribution in [3.8, 4) is 11.4 Å². The quantitative estimate of drug-likeness (QED) is 0.891. The number of rotatable bonds is 4. The Hall–Kier alpha value is -1.98. The highest BCUT2D eigenvalue weighted by Gasteiger charge is 2.11. The molecule has 6 heteroatoms. The van der Waals surface area contributed by atoms with Crippen LogP contribution in [0, 0.1) is 0 Å². The molecule has 2 aromatic heterocycles. The summed E-state index contributed by atoms with van der Waals surface area (Å²) in [5.41, 5.74) is 1.73. The van der Waals surface area contributed by atoms with Crippen molar-refractivity contribution in [2.45, 2.75) is 26.7 Å². The summed E-state index contributed by atoms with van der Waals surface area (Å²) in [6, 6.07) is 1.92. The Labute approximate surface area is 106 Å². The van der Waals surface area contributed by atoms with Crippen LogP contribution in [-0.2, 0) is 7.05 Å². The molecule has 18 heavy (non-hydrogen) atoms. The molecular formula is C12H18N6. The lowest BCUT2D eigenvalue weighted by Crippen LogP contribution is -2.07. The number of nitrogens with zero attached hydrogens (tertiary/aromatic N) is 5. The third-order valence-corrected chi connectivity index (χ3v) is 2.59. The zero-order valence-corrected chi connectivity index (χ0v) is 11.2. The van der Waals surface area contributed by atoms with Crippen LogP contribution in [0.4, 0.5) is 5.82 Å². The van der Waals surface area contributed by atoms with Crippen molar-refractivity contribution in [1.29, 1.82) is 0 Å². The van der Waals surface area contributed by atoms with Crippen molar-refractivity contribution >= 4 is 5.82 Å². The van der Waals surface area contributed by atoms with Gasteiger partial charge in [0.1, 0.15) is 17.3 Å². The number of hydrogen-bond donors (Lipinski definition) is 1. The van der Waals surface area contributed by atoms with Gasteiger partial charge in [-0.2, -0.15) is 0 Å². The van der Waals surface area contributed by atoms with E-state index < -0.39 is 0 Å². The zero-order chi connectivity index (χ0) is 13.1. The maximum Gasteiger partial charge on any atom is 0.134 e. The van der Waals surface area contributed by atoms with Gasteiger partial charge >= 0.3 is 0 Å². The lowest BCUT2D eigenvalue weighted by atomic mass is 10.2. The van der Waals surface area contributed by atoms with Crippen LogP contribution in [0.25, 0.3) is 11.4 Å². The Kier molecular flexibility index (Phi) is 3.55. The van der Waals surface area contributed by atoms with Crippen LogP contribution >= 0.6 is 0 Å². The van der Waals surface area contributed by atoms with E-state index in [-0.39, 0.29) is 5.92 Å². The molecule has 0 unspecified atom stereocenters. The molecule has 96 valence electrons. The van der Waals surface area contributed by atoms with Gasteiger partial charge in [0, 0.05) is 25.6 Å². The van der Waals surface area contributed by atoms with Gasteiger partial charge in [-0.1, -0.05) is 19.1 Å². The molecule has 2 rings (SSSR count). The van der Waals surface area contributed by atoms with Crippen molar-refractivity contribution in [3.63, 3.8) is 0 Å². The predicted molar refractivity (Wildman–Crippen MR) is 70.3 cm³/mol. The molecule has 0 atom stereocenters. The average molecular weight is 246 g/mol. The Morgan fingerprint density at radius 3 is 2.67 bits per heavy atom. The molecule has 0 radical (unpaired) electrons. The molecule has 0 aliphatic rings. The van der Waals surface area contributed by atoms with Gasteiger partial charge in [-0.3, -0.25) is 0 Å². The van der Waals surface area contributed by atoms with Gasteiger partial charge in [0.25, 0.3) is 0 Å². The lowest BCUT2D eigenvalue weighted by molar-refractivity contribution is 0.716. The van der Waals surface area contributed by atoms with E-state index >= 15 is 0 Å². The van der Waals surface area contributed by atoms with Gasteiger partial charge in [0.05, 0.1) is 11.9 Å². The Bertz CT molecular complexity index is 531. The first-order valence-corrected chi connectivity index (χ1v) is 6.09. The lowest BCUT2D eigenvalue weighted by Gasteiger charge is -2.10. The molecule has 0 saturated carbocycles. The second-order valence-corrected chi connectivity index (χ2v) is 4.42. The Balaban J connectivity index is 2.50. The van der Waals surface area contributed by atoms with Crippen LogP contribution in [0.3, 0.4) is 0 Å². The fourth-order valence-electron chi connectivity index (χ4n) is 1.65. The van der Waals surface area contributed by atoms with Crippen LogP contribution in [0.15, 0.2) is 12.3 Å². The SMILES string of the molecule is CCNc1cc(-c2cnnn2C)nc(C(C)C)n1. The number of hydrogen-bond acceptors (Lipinski definition) is 5. The number of anilines is 1. The third-order valence-electron chi connectivity index (χ3n) is 2.59. The van der Waals surface area contributed by atoms with E-state index in [1.165, 1.54) is 0 Å². The Morgan fingerprint density at radius 1 is 1.33 bits per heavy atom. The van der Waals surface area contributed by atoms with E-state index in [1.807, 2.05) is 20.0 Å². The van der Waals surface area contributed by atoms with Crippen molar-refractivity contribution in [2.24, 2.45) is 7.05 Å². The molecule has 2 aromatic rings. The first kappa shape index (κ1) is 12.5. The molecule has 0 saturated heterocycles. The molecule has 0 aliphatic carbocycles. The van der Waals surface area contributed by atoms with Gasteiger partial charge in [-0.25, -0.2) is 14.6 Å². The van der Waals surface area contributed by atoms with E-state index in [9.17, 15) is 0 Å². The molecular weight excluding hydrogens is 228 g/mol. The minimum atomic E-state index is 0.281. The van der Waals surface area contributed by atoms with E-state index in [0.717, 1.165) is 29.6 Å². The number of aryl methyl sites for hydroxylation is 1. The zero-order valence-electron chi connectivity index (χ0n) is 11.2. The molecule has 0 fully saturated rings. The van der Waals surface area contributed by atoms with Gasteiger partial charge in [0.2, 0.25) is 0 Å². The van der Waals surface area contributed by atoms with Crippen LogP contribution in [-0.4, -0.2) is 31.5 Å². The summed E-state index contributed by atoms with van der Waals surface area (Å²) in [6.45, 7) is 7.03. The summed E-state index contributed by atoms with van der Waals surface area (Å²) in [7, 11) is 1.85. The maximum absolute atomic E-state index is 4.57. The minimum Gasteiger partial charge on any atom is -0.370 e. The predicted octanol–water partition coefficient (Wildman–Crippen LogP) is 1.83. The normalized spacial score (nSPS) is 10.9. The molecule has 0 amide bonds. The van der Waals surface area contributed by atoms with Crippen LogP contribution in [0.1, 0.15) is 32.5 Å². The summed E-state index contributed by atoms with van der Waals surface area (Å²) in [6.07, 6.45) is 1.71. The maximum atomic E-state index is 4.57. The van der Waals surface area contributed by atoms with Crippen molar-refractivity contribution in [3.05, 3.63) is 18.1 Å². The highest BCUT2D eigenvalue weighted by molar-refractivity contribution is 5.58. The fourth-order valence-corrected chi connectivity index (χ4v) is 1.65. The molecule has 0 bridgehead atoms. The molecule has 1 N–H and O–H groups in total. The minimum absolute atomic E-state index is 0.281. The van der Waals surface area contributed by atoms with Crippen molar-refractivity contribution in [1.82, 2.24) is 25.0 Å². The average Bonchev–Trinajstić information content (AvgIpc) is 2.75. The summed E-state index contributed by atoms with van der Waals surface area (Å²) in [4.78, 5) is 9.06. The van der Waals surface area contributed by atoms with E-state index in [2.05, 4.69) is 39.4 Å². The molecule has 2 heterocycles. The van der Waals surface area contributed by atoms with E-state index in [0.29, 0.717) is 0 Å². The highest BCUT2D eigenvalue weighted by atomic mass is 15.4. The monoisotopic (exact) mass is 246 g/mol. The molecule has 0 spiro atoms. The Morgan fingerprint density at radius 2 is 2.11 bits per heavy atom. The van der Waals surface area contributed by atoms with Crippen molar-refractivity contribution < 1.29 is 0 Å². The standard InChI is InChI=1S/C12H18N6/c1-5-13-11-6-9(10-7-14-17-18(10)4)15-12(16-11)8(2)3/h6-8H,5H2,1-4H3,(H,13,15,16). The van der Waals surface area contributed by atoms with Gasteiger partial charge in [-0.15, -0.1) is 5.10 Å². The number of aromatic nitrogens is 5. The topological polar surface area (TPSA) is 68.5 Å². The second kappa shape index (κ2) is 5.12. The summed E-state index contributed by atoms with van der Waals surface area (Å²) in [5, 5.41) is 11.0.